The lowest BCUT2D eigenvalue weighted by atomic mass is 9.96. The molecular formula is C18H22F4O2. The average Bonchev–Trinajstić information content (AvgIpc) is 3.19. The van der Waals surface area contributed by atoms with E-state index in [1.807, 2.05) is 0 Å². The smallest absolute Gasteiger partial charge is 0.489 e. The van der Waals surface area contributed by atoms with Crippen LogP contribution in [0.3, 0.4) is 0 Å². The molecule has 0 unspecified atom stereocenters. The number of hydrogen-bond donors (Lipinski definition) is 0. The van der Waals surface area contributed by atoms with Crippen molar-refractivity contribution in [3.05, 3.63) is 23.5 Å². The van der Waals surface area contributed by atoms with Crippen molar-refractivity contribution in [2.75, 3.05) is 6.61 Å². The molecule has 2 saturated carbocycles. The molecule has 24 heavy (non-hydrogen) atoms. The van der Waals surface area contributed by atoms with E-state index in [4.69, 9.17) is 4.74 Å². The molecule has 0 bridgehead atoms. The van der Waals surface area contributed by atoms with Crippen LogP contribution in [0.4, 0.5) is 17.6 Å². The second-order valence-corrected chi connectivity index (χ2v) is 6.79. The minimum Gasteiger partial charge on any atom is -0.489 e. The van der Waals surface area contributed by atoms with Crippen molar-refractivity contribution >= 4 is 0 Å². The number of halogens is 4. The van der Waals surface area contributed by atoms with Gasteiger partial charge in [0.15, 0.2) is 11.6 Å². The third-order valence-corrected chi connectivity index (χ3v) is 5.05. The summed E-state index contributed by atoms with van der Waals surface area (Å²) in [5, 5.41) is 0. The van der Waals surface area contributed by atoms with Gasteiger partial charge in [-0.15, -0.1) is 13.2 Å². The lowest BCUT2D eigenvalue weighted by Crippen LogP contribution is -2.20. The lowest BCUT2D eigenvalue weighted by Gasteiger charge is -2.20. The van der Waals surface area contributed by atoms with Gasteiger partial charge in [-0.25, -0.2) is 4.39 Å². The Kier molecular flexibility index (Phi) is 5.21. The quantitative estimate of drug-likeness (QED) is 0.613. The molecule has 1 aromatic carbocycles. The van der Waals surface area contributed by atoms with Gasteiger partial charge in [0.2, 0.25) is 5.75 Å². The van der Waals surface area contributed by atoms with Gasteiger partial charge in [0, 0.05) is 0 Å². The van der Waals surface area contributed by atoms with E-state index in [2.05, 4.69) is 4.74 Å². The minimum atomic E-state index is -4.94. The summed E-state index contributed by atoms with van der Waals surface area (Å²) >= 11 is 0. The number of alkyl halides is 3. The van der Waals surface area contributed by atoms with E-state index in [9.17, 15) is 17.6 Å². The third-order valence-electron chi connectivity index (χ3n) is 5.05. The number of hydrogen-bond acceptors (Lipinski definition) is 2. The zero-order valence-electron chi connectivity index (χ0n) is 13.5. The highest BCUT2D eigenvalue weighted by atomic mass is 19.4. The molecular weight excluding hydrogens is 324 g/mol. The Morgan fingerprint density at radius 2 is 1.58 bits per heavy atom. The van der Waals surface area contributed by atoms with Crippen molar-refractivity contribution in [1.29, 1.82) is 0 Å². The predicted molar refractivity (Wildman–Crippen MR) is 81.7 cm³/mol. The van der Waals surface area contributed by atoms with Gasteiger partial charge < -0.3 is 9.47 Å². The van der Waals surface area contributed by atoms with E-state index in [0.717, 1.165) is 51.4 Å². The Morgan fingerprint density at radius 1 is 0.958 bits per heavy atom. The van der Waals surface area contributed by atoms with Crippen LogP contribution in [-0.2, 0) is 0 Å². The summed E-state index contributed by atoms with van der Waals surface area (Å²) in [5.41, 5.74) is 0.306. The monoisotopic (exact) mass is 346 g/mol. The second kappa shape index (κ2) is 7.19. The first-order valence-electron chi connectivity index (χ1n) is 8.65. The van der Waals surface area contributed by atoms with Gasteiger partial charge in [-0.3, -0.25) is 0 Å². The molecule has 0 aromatic heterocycles. The molecule has 0 amide bonds. The molecule has 134 valence electrons. The highest BCUT2D eigenvalue weighted by Crippen LogP contribution is 2.43. The highest BCUT2D eigenvalue weighted by molar-refractivity contribution is 5.46. The third kappa shape index (κ3) is 4.14. The van der Waals surface area contributed by atoms with Crippen molar-refractivity contribution < 1.29 is 27.0 Å². The Labute approximate surface area is 139 Å². The van der Waals surface area contributed by atoms with Gasteiger partial charge in [0.1, 0.15) is 0 Å². The molecule has 3 rings (SSSR count). The summed E-state index contributed by atoms with van der Waals surface area (Å²) in [6.45, 7) is 0.302. The molecule has 2 fully saturated rings. The van der Waals surface area contributed by atoms with Crippen molar-refractivity contribution in [2.45, 2.75) is 63.6 Å². The summed E-state index contributed by atoms with van der Waals surface area (Å²) in [4.78, 5) is 0. The van der Waals surface area contributed by atoms with E-state index in [-0.39, 0.29) is 11.7 Å². The van der Waals surface area contributed by atoms with Gasteiger partial charge in [0.05, 0.1) is 6.61 Å². The molecule has 2 aliphatic carbocycles. The molecule has 0 aliphatic heterocycles. The number of benzene rings is 1. The maximum absolute atomic E-state index is 14.7. The molecule has 0 N–H and O–H groups in total. The molecule has 0 heterocycles. The molecule has 2 aliphatic rings. The fourth-order valence-corrected chi connectivity index (χ4v) is 3.81. The first-order chi connectivity index (χ1) is 11.4. The van der Waals surface area contributed by atoms with Crippen LogP contribution in [0.1, 0.15) is 62.8 Å². The van der Waals surface area contributed by atoms with Gasteiger partial charge >= 0.3 is 6.36 Å². The average molecular weight is 346 g/mol. The fourth-order valence-electron chi connectivity index (χ4n) is 3.81. The van der Waals surface area contributed by atoms with Gasteiger partial charge in [0.25, 0.3) is 0 Å². The predicted octanol–water partition coefficient (Wildman–Crippen LogP) is 5.95. The van der Waals surface area contributed by atoms with E-state index < -0.39 is 17.9 Å². The van der Waals surface area contributed by atoms with E-state index in [0.29, 0.717) is 18.1 Å². The summed E-state index contributed by atoms with van der Waals surface area (Å²) in [5.74, 6) is -1.61. The Morgan fingerprint density at radius 3 is 2.21 bits per heavy atom. The molecule has 0 spiro atoms. The first kappa shape index (κ1) is 17.4. The van der Waals surface area contributed by atoms with Crippen LogP contribution in [0, 0.1) is 11.7 Å². The largest absolute Gasteiger partial charge is 0.573 e. The van der Waals surface area contributed by atoms with Crippen LogP contribution in [-0.4, -0.2) is 13.0 Å². The van der Waals surface area contributed by atoms with E-state index in [1.165, 1.54) is 6.07 Å². The second-order valence-electron chi connectivity index (χ2n) is 6.79. The van der Waals surface area contributed by atoms with Gasteiger partial charge in [-0.2, -0.15) is 0 Å². The van der Waals surface area contributed by atoms with Gasteiger partial charge in [-0.05, 0) is 49.1 Å². The van der Waals surface area contributed by atoms with Crippen molar-refractivity contribution in [2.24, 2.45) is 5.92 Å². The van der Waals surface area contributed by atoms with Crippen molar-refractivity contribution in [1.82, 2.24) is 0 Å². The standard InChI is InChI=1S/C18H22F4O2/c19-16-14(13-7-3-4-8-13)9-10-15(17(16)24-18(20,21)22)23-11-12-5-1-2-6-12/h9-10,12-13H,1-8,11H2. The van der Waals surface area contributed by atoms with Gasteiger partial charge in [-0.1, -0.05) is 31.7 Å². The summed E-state index contributed by atoms with van der Waals surface area (Å²) in [6, 6.07) is 2.98. The van der Waals surface area contributed by atoms with Crippen LogP contribution < -0.4 is 9.47 Å². The first-order valence-corrected chi connectivity index (χ1v) is 8.65. The topological polar surface area (TPSA) is 18.5 Å². The molecule has 0 saturated heterocycles. The zero-order chi connectivity index (χ0) is 17.2. The number of ether oxygens (including phenoxy) is 2. The van der Waals surface area contributed by atoms with Crippen LogP contribution in [0.15, 0.2) is 12.1 Å². The Balaban J connectivity index is 1.83. The Bertz CT molecular complexity index is 559. The Hall–Kier alpha value is -1.46. The minimum absolute atomic E-state index is 0.0375. The van der Waals surface area contributed by atoms with Crippen molar-refractivity contribution in [3.8, 4) is 11.5 Å². The van der Waals surface area contributed by atoms with E-state index >= 15 is 0 Å². The summed E-state index contributed by atoms with van der Waals surface area (Å²) < 4.78 is 62.3. The normalized spacial score (nSPS) is 19.8. The maximum atomic E-state index is 14.7. The van der Waals surface area contributed by atoms with Crippen molar-refractivity contribution in [3.63, 3.8) is 0 Å². The molecule has 0 radical (unpaired) electrons. The SMILES string of the molecule is Fc1c(C2CCCC2)ccc(OCC2CCCC2)c1OC(F)(F)F. The van der Waals surface area contributed by atoms with Crippen LogP contribution in [0.2, 0.25) is 0 Å². The van der Waals surface area contributed by atoms with Crippen LogP contribution in [0.25, 0.3) is 0 Å². The number of rotatable bonds is 5. The lowest BCUT2D eigenvalue weighted by molar-refractivity contribution is -0.276. The fraction of sp³-hybridized carbons (Fsp3) is 0.667. The molecule has 2 nitrogen and oxygen atoms in total. The van der Waals surface area contributed by atoms with E-state index in [1.54, 1.807) is 6.07 Å². The molecule has 1 aromatic rings. The zero-order valence-corrected chi connectivity index (χ0v) is 13.5. The van der Waals surface area contributed by atoms with Crippen LogP contribution in [0.5, 0.6) is 11.5 Å². The van der Waals surface area contributed by atoms with Crippen LogP contribution >= 0.6 is 0 Å². The molecule has 0 atom stereocenters. The summed E-state index contributed by atoms with van der Waals surface area (Å²) in [7, 11) is 0. The molecule has 6 heteroatoms. The highest BCUT2D eigenvalue weighted by Gasteiger charge is 2.36. The maximum Gasteiger partial charge on any atom is 0.573 e. The summed E-state index contributed by atoms with van der Waals surface area (Å²) in [6.07, 6.45) is 2.80.